The van der Waals surface area contributed by atoms with Gasteiger partial charge < -0.3 is 9.15 Å². The Morgan fingerprint density at radius 3 is 2.70 bits per heavy atom. The standard InChI is InChI=1S/C19H17ClO3/c1-2-22-19(21)12-16(13-6-4-3-5-7-13)18-11-14-10-15(20)8-9-17(14)23-18/h3-11,16H,2,12H2,1H3. The van der Waals surface area contributed by atoms with Gasteiger partial charge in [0.1, 0.15) is 11.3 Å². The highest BCUT2D eigenvalue weighted by molar-refractivity contribution is 6.31. The van der Waals surface area contributed by atoms with E-state index in [-0.39, 0.29) is 18.3 Å². The number of benzene rings is 2. The summed E-state index contributed by atoms with van der Waals surface area (Å²) in [6.07, 6.45) is 0.241. The quantitative estimate of drug-likeness (QED) is 0.606. The molecule has 0 bridgehead atoms. The molecule has 3 nitrogen and oxygen atoms in total. The summed E-state index contributed by atoms with van der Waals surface area (Å²) in [7, 11) is 0. The second-order valence-electron chi connectivity index (χ2n) is 5.30. The van der Waals surface area contributed by atoms with Crippen LogP contribution >= 0.6 is 11.6 Å². The molecule has 0 N–H and O–H groups in total. The number of furan rings is 1. The van der Waals surface area contributed by atoms with Crippen LogP contribution in [0.5, 0.6) is 0 Å². The zero-order valence-electron chi connectivity index (χ0n) is 12.8. The van der Waals surface area contributed by atoms with Crippen molar-refractivity contribution in [3.8, 4) is 0 Å². The van der Waals surface area contributed by atoms with Crippen molar-refractivity contribution in [2.75, 3.05) is 6.61 Å². The molecule has 0 aliphatic rings. The average Bonchev–Trinajstić information content (AvgIpc) is 2.96. The predicted octanol–water partition coefficient (Wildman–Crippen LogP) is 5.17. The minimum absolute atomic E-state index is 0.179. The molecule has 0 aliphatic carbocycles. The lowest BCUT2D eigenvalue weighted by Gasteiger charge is -2.14. The smallest absolute Gasteiger partial charge is 0.306 e. The van der Waals surface area contributed by atoms with Gasteiger partial charge in [-0.1, -0.05) is 41.9 Å². The summed E-state index contributed by atoms with van der Waals surface area (Å²) in [5.74, 6) is 0.322. The van der Waals surface area contributed by atoms with Gasteiger partial charge in [0.05, 0.1) is 18.9 Å². The highest BCUT2D eigenvalue weighted by Gasteiger charge is 2.22. The highest BCUT2D eigenvalue weighted by atomic mass is 35.5. The molecule has 4 heteroatoms. The van der Waals surface area contributed by atoms with E-state index in [2.05, 4.69) is 0 Å². The van der Waals surface area contributed by atoms with E-state index in [1.54, 1.807) is 13.0 Å². The Morgan fingerprint density at radius 1 is 1.17 bits per heavy atom. The zero-order chi connectivity index (χ0) is 16.2. The molecule has 0 aliphatic heterocycles. The van der Waals surface area contributed by atoms with Crippen molar-refractivity contribution in [2.45, 2.75) is 19.3 Å². The number of rotatable bonds is 5. The molecule has 118 valence electrons. The fourth-order valence-electron chi connectivity index (χ4n) is 2.66. The molecular formula is C19H17ClO3. The molecule has 1 unspecified atom stereocenters. The van der Waals surface area contributed by atoms with Crippen LogP contribution in [0.1, 0.15) is 30.6 Å². The van der Waals surface area contributed by atoms with Crippen LogP contribution in [0, 0.1) is 0 Å². The minimum Gasteiger partial charge on any atom is -0.466 e. The third-order valence-corrected chi connectivity index (χ3v) is 3.95. The summed E-state index contributed by atoms with van der Waals surface area (Å²) in [5, 5.41) is 1.59. The maximum atomic E-state index is 12.0. The Morgan fingerprint density at radius 2 is 1.96 bits per heavy atom. The predicted molar refractivity (Wildman–Crippen MR) is 90.8 cm³/mol. The van der Waals surface area contributed by atoms with Gasteiger partial charge in [0.25, 0.3) is 0 Å². The van der Waals surface area contributed by atoms with E-state index in [0.717, 1.165) is 22.3 Å². The lowest BCUT2D eigenvalue weighted by molar-refractivity contribution is -0.143. The molecule has 1 aromatic heterocycles. The topological polar surface area (TPSA) is 39.4 Å². The fourth-order valence-corrected chi connectivity index (χ4v) is 2.84. The van der Waals surface area contributed by atoms with Crippen molar-refractivity contribution < 1.29 is 13.9 Å². The molecule has 1 heterocycles. The second kappa shape index (κ2) is 6.88. The molecule has 3 rings (SSSR count). The molecule has 0 radical (unpaired) electrons. The Bertz CT molecular complexity index is 808. The normalized spacial score (nSPS) is 12.3. The molecule has 0 saturated carbocycles. The van der Waals surface area contributed by atoms with Crippen LogP contribution in [0.3, 0.4) is 0 Å². The van der Waals surface area contributed by atoms with Crippen LogP contribution in [0.4, 0.5) is 0 Å². The van der Waals surface area contributed by atoms with Gasteiger partial charge in [-0.3, -0.25) is 4.79 Å². The number of hydrogen-bond donors (Lipinski definition) is 0. The van der Waals surface area contributed by atoms with Gasteiger partial charge in [0, 0.05) is 10.4 Å². The van der Waals surface area contributed by atoms with Gasteiger partial charge in [0.2, 0.25) is 0 Å². The Balaban J connectivity index is 2.00. The van der Waals surface area contributed by atoms with E-state index in [0.29, 0.717) is 11.6 Å². The molecule has 23 heavy (non-hydrogen) atoms. The summed E-state index contributed by atoms with van der Waals surface area (Å²) < 4.78 is 11.1. The first kappa shape index (κ1) is 15.6. The first-order valence-corrected chi connectivity index (χ1v) is 7.94. The molecule has 0 fully saturated rings. The highest BCUT2D eigenvalue weighted by Crippen LogP contribution is 2.33. The fraction of sp³-hybridized carbons (Fsp3) is 0.211. The van der Waals surface area contributed by atoms with E-state index in [4.69, 9.17) is 20.8 Å². The van der Waals surface area contributed by atoms with E-state index in [9.17, 15) is 4.79 Å². The third-order valence-electron chi connectivity index (χ3n) is 3.72. The van der Waals surface area contributed by atoms with Crippen molar-refractivity contribution in [1.29, 1.82) is 0 Å². The van der Waals surface area contributed by atoms with E-state index < -0.39 is 0 Å². The van der Waals surface area contributed by atoms with Crippen LogP contribution in [0.25, 0.3) is 11.0 Å². The van der Waals surface area contributed by atoms with Crippen molar-refractivity contribution in [2.24, 2.45) is 0 Å². The summed E-state index contributed by atoms with van der Waals surface area (Å²) in [6.45, 7) is 2.18. The number of halogens is 1. The van der Waals surface area contributed by atoms with Crippen LogP contribution in [-0.4, -0.2) is 12.6 Å². The first-order chi connectivity index (χ1) is 11.2. The van der Waals surface area contributed by atoms with Gasteiger partial charge in [-0.2, -0.15) is 0 Å². The van der Waals surface area contributed by atoms with Crippen molar-refractivity contribution in [3.05, 3.63) is 70.9 Å². The lowest BCUT2D eigenvalue weighted by atomic mass is 9.93. The number of hydrogen-bond acceptors (Lipinski definition) is 3. The number of ether oxygens (including phenoxy) is 1. The van der Waals surface area contributed by atoms with Gasteiger partial charge in [0.15, 0.2) is 0 Å². The maximum Gasteiger partial charge on any atom is 0.306 e. The summed E-state index contributed by atoms with van der Waals surface area (Å²) in [6, 6.07) is 17.3. The molecule has 1 atom stereocenters. The van der Waals surface area contributed by atoms with E-state index in [1.165, 1.54) is 0 Å². The van der Waals surface area contributed by atoms with E-state index in [1.807, 2.05) is 48.5 Å². The van der Waals surface area contributed by atoms with Gasteiger partial charge >= 0.3 is 5.97 Å². The third kappa shape index (κ3) is 3.57. The molecule has 0 saturated heterocycles. The maximum absolute atomic E-state index is 12.0. The number of carbonyl (C=O) groups is 1. The Labute approximate surface area is 139 Å². The van der Waals surface area contributed by atoms with Gasteiger partial charge in [-0.25, -0.2) is 0 Å². The van der Waals surface area contributed by atoms with Gasteiger partial charge in [-0.15, -0.1) is 0 Å². The molecule has 3 aromatic rings. The van der Waals surface area contributed by atoms with Gasteiger partial charge in [-0.05, 0) is 36.8 Å². The molecular weight excluding hydrogens is 312 g/mol. The molecule has 0 spiro atoms. The first-order valence-electron chi connectivity index (χ1n) is 7.57. The largest absolute Gasteiger partial charge is 0.466 e. The SMILES string of the molecule is CCOC(=O)CC(c1ccccc1)c1cc2cc(Cl)ccc2o1. The monoisotopic (exact) mass is 328 g/mol. The summed E-state index contributed by atoms with van der Waals surface area (Å²) in [5.41, 5.74) is 1.78. The summed E-state index contributed by atoms with van der Waals surface area (Å²) >= 11 is 6.03. The average molecular weight is 329 g/mol. The Hall–Kier alpha value is -2.26. The van der Waals surface area contributed by atoms with Crippen molar-refractivity contribution in [1.82, 2.24) is 0 Å². The number of fused-ring (bicyclic) bond motifs is 1. The molecule has 2 aromatic carbocycles. The van der Waals surface area contributed by atoms with Crippen LogP contribution in [0.2, 0.25) is 5.02 Å². The van der Waals surface area contributed by atoms with Crippen LogP contribution < -0.4 is 0 Å². The molecule has 0 amide bonds. The van der Waals surface area contributed by atoms with Crippen molar-refractivity contribution in [3.63, 3.8) is 0 Å². The number of esters is 1. The Kier molecular flexibility index (Phi) is 4.68. The summed E-state index contributed by atoms with van der Waals surface area (Å²) in [4.78, 5) is 12.0. The van der Waals surface area contributed by atoms with Crippen LogP contribution in [0.15, 0.2) is 59.0 Å². The zero-order valence-corrected chi connectivity index (χ0v) is 13.5. The lowest BCUT2D eigenvalue weighted by Crippen LogP contribution is -2.11. The minimum atomic E-state index is -0.236. The van der Waals surface area contributed by atoms with Crippen molar-refractivity contribution >= 4 is 28.5 Å². The number of carbonyl (C=O) groups excluding carboxylic acids is 1. The second-order valence-corrected chi connectivity index (χ2v) is 5.74. The van der Waals surface area contributed by atoms with Crippen LogP contribution in [-0.2, 0) is 9.53 Å². The van der Waals surface area contributed by atoms with E-state index >= 15 is 0 Å².